The summed E-state index contributed by atoms with van der Waals surface area (Å²) in [5.41, 5.74) is -1.89. The van der Waals surface area contributed by atoms with Crippen molar-refractivity contribution >= 4 is 24.4 Å². The van der Waals surface area contributed by atoms with Gasteiger partial charge in [0.05, 0.1) is 5.92 Å². The van der Waals surface area contributed by atoms with Crippen molar-refractivity contribution in [3.63, 3.8) is 0 Å². The fourth-order valence-corrected chi connectivity index (χ4v) is 1.71. The van der Waals surface area contributed by atoms with E-state index >= 15 is 0 Å². The number of hydrogen-bond donors (Lipinski definition) is 1. The minimum atomic E-state index is -1.23. The molecule has 0 saturated carbocycles. The van der Waals surface area contributed by atoms with Crippen LogP contribution in [-0.2, 0) is 19.1 Å². The number of rotatable bonds is 6. The van der Waals surface area contributed by atoms with E-state index in [1.807, 2.05) is 0 Å². The first-order valence-corrected chi connectivity index (χ1v) is 7.78. The third-order valence-corrected chi connectivity index (χ3v) is 2.68. The topological polar surface area (TPSA) is 110 Å². The summed E-state index contributed by atoms with van der Waals surface area (Å²) < 4.78 is 10.3. The Morgan fingerprint density at radius 3 is 1.72 bits per heavy atom. The highest BCUT2D eigenvalue weighted by Gasteiger charge is 2.34. The van der Waals surface area contributed by atoms with Crippen LogP contribution in [0.25, 0.3) is 0 Å². The predicted molar refractivity (Wildman–Crippen MR) is 89.9 cm³/mol. The summed E-state index contributed by atoms with van der Waals surface area (Å²) in [6, 6.07) is 0. The van der Waals surface area contributed by atoms with Gasteiger partial charge >= 0.3 is 18.2 Å². The second-order valence-corrected chi connectivity index (χ2v) is 7.50. The number of imide groups is 1. The van der Waals surface area contributed by atoms with E-state index in [0.717, 1.165) is 0 Å². The molecule has 0 aromatic rings. The summed E-state index contributed by atoms with van der Waals surface area (Å²) >= 11 is 0. The highest BCUT2D eigenvalue weighted by atomic mass is 16.6. The zero-order valence-electron chi connectivity index (χ0n) is 15.6. The molecule has 142 valence electrons. The van der Waals surface area contributed by atoms with Gasteiger partial charge in [0.25, 0.3) is 0 Å². The Morgan fingerprint density at radius 2 is 1.44 bits per heavy atom. The van der Waals surface area contributed by atoms with Crippen LogP contribution in [0.2, 0.25) is 0 Å². The molecule has 0 aliphatic rings. The SMILES string of the molecule is C=C(C[C@@H](CC=O)C(=O)O)N(C(=O)OC(C)(C)C)C(=O)OC(C)(C)C. The van der Waals surface area contributed by atoms with Crippen molar-refractivity contribution in [3.8, 4) is 0 Å². The zero-order valence-corrected chi connectivity index (χ0v) is 15.6. The quantitative estimate of drug-likeness (QED) is 0.726. The van der Waals surface area contributed by atoms with Crippen LogP contribution in [0.15, 0.2) is 12.3 Å². The first-order valence-electron chi connectivity index (χ1n) is 7.78. The molecule has 0 aromatic heterocycles. The molecule has 1 atom stereocenters. The van der Waals surface area contributed by atoms with E-state index in [-0.39, 0.29) is 18.5 Å². The number of hydrogen-bond acceptors (Lipinski definition) is 6. The molecule has 25 heavy (non-hydrogen) atoms. The first kappa shape index (κ1) is 22.6. The van der Waals surface area contributed by atoms with E-state index in [4.69, 9.17) is 14.6 Å². The Hall–Kier alpha value is -2.38. The van der Waals surface area contributed by atoms with E-state index in [2.05, 4.69) is 6.58 Å². The van der Waals surface area contributed by atoms with Crippen LogP contribution >= 0.6 is 0 Å². The Labute approximate surface area is 147 Å². The van der Waals surface area contributed by atoms with Gasteiger partial charge in [-0.2, -0.15) is 4.90 Å². The largest absolute Gasteiger partial charge is 0.481 e. The number of carboxylic acids is 1. The molecule has 0 unspecified atom stereocenters. The molecule has 0 heterocycles. The number of carbonyl (C=O) groups is 4. The molecule has 0 spiro atoms. The van der Waals surface area contributed by atoms with Crippen LogP contribution < -0.4 is 0 Å². The van der Waals surface area contributed by atoms with Crippen LogP contribution in [-0.4, -0.2) is 45.7 Å². The normalized spacial score (nSPS) is 12.7. The first-order chi connectivity index (χ1) is 11.2. The van der Waals surface area contributed by atoms with Gasteiger partial charge in [-0.15, -0.1) is 0 Å². The lowest BCUT2D eigenvalue weighted by Gasteiger charge is -2.30. The second kappa shape index (κ2) is 8.64. The molecule has 1 N–H and O–H groups in total. The molecule has 0 saturated heterocycles. The van der Waals surface area contributed by atoms with Gasteiger partial charge in [0.2, 0.25) is 0 Å². The van der Waals surface area contributed by atoms with Gasteiger partial charge in [-0.3, -0.25) is 4.79 Å². The number of carbonyl (C=O) groups excluding carboxylic acids is 3. The van der Waals surface area contributed by atoms with Crippen LogP contribution in [0.4, 0.5) is 9.59 Å². The van der Waals surface area contributed by atoms with Crippen molar-refractivity contribution < 1.29 is 33.8 Å². The van der Waals surface area contributed by atoms with Crippen molar-refractivity contribution in [1.82, 2.24) is 4.90 Å². The lowest BCUT2D eigenvalue weighted by atomic mass is 10.0. The third-order valence-electron chi connectivity index (χ3n) is 2.68. The minimum Gasteiger partial charge on any atom is -0.481 e. The van der Waals surface area contributed by atoms with E-state index in [1.54, 1.807) is 41.5 Å². The summed E-state index contributed by atoms with van der Waals surface area (Å²) in [6.45, 7) is 13.3. The lowest BCUT2D eigenvalue weighted by Crippen LogP contribution is -2.43. The summed E-state index contributed by atoms with van der Waals surface area (Å²) in [7, 11) is 0. The van der Waals surface area contributed by atoms with E-state index in [1.165, 1.54) is 0 Å². The molecule has 8 nitrogen and oxygen atoms in total. The summed E-state index contributed by atoms with van der Waals surface area (Å²) in [4.78, 5) is 47.1. The molecule has 2 amide bonds. The maximum Gasteiger partial charge on any atom is 0.424 e. The molecule has 0 aromatic carbocycles. The van der Waals surface area contributed by atoms with Crippen LogP contribution in [0.5, 0.6) is 0 Å². The Kier molecular flexibility index (Phi) is 7.82. The Balaban J connectivity index is 5.52. The average Bonchev–Trinajstić information content (AvgIpc) is 2.33. The van der Waals surface area contributed by atoms with Crippen molar-refractivity contribution in [2.75, 3.05) is 0 Å². The number of aldehydes is 1. The summed E-state index contributed by atoms with van der Waals surface area (Å²) in [5.74, 6) is -2.35. The van der Waals surface area contributed by atoms with Crippen molar-refractivity contribution in [3.05, 3.63) is 12.3 Å². The highest BCUT2D eigenvalue weighted by Crippen LogP contribution is 2.22. The average molecular weight is 357 g/mol. The van der Waals surface area contributed by atoms with E-state index in [0.29, 0.717) is 11.2 Å². The molecular formula is C17H27NO7. The molecule has 0 aliphatic heterocycles. The van der Waals surface area contributed by atoms with Crippen LogP contribution in [0.3, 0.4) is 0 Å². The highest BCUT2D eigenvalue weighted by molar-refractivity contribution is 5.90. The monoisotopic (exact) mass is 357 g/mol. The second-order valence-electron chi connectivity index (χ2n) is 7.50. The van der Waals surface area contributed by atoms with Crippen molar-refractivity contribution in [2.24, 2.45) is 5.92 Å². The Morgan fingerprint density at radius 1 is 1.04 bits per heavy atom. The fraction of sp³-hybridized carbons (Fsp3) is 0.647. The molecule has 8 heteroatoms. The number of ether oxygens (including phenoxy) is 2. The molecule has 0 bridgehead atoms. The van der Waals surface area contributed by atoms with E-state index in [9.17, 15) is 19.2 Å². The summed E-state index contributed by atoms with van der Waals surface area (Å²) in [5, 5.41) is 9.13. The zero-order chi connectivity index (χ0) is 20.0. The third kappa shape index (κ3) is 8.88. The molecular weight excluding hydrogens is 330 g/mol. The van der Waals surface area contributed by atoms with Gasteiger partial charge in [-0.1, -0.05) is 6.58 Å². The maximum absolute atomic E-state index is 12.4. The number of amides is 2. The molecule has 0 radical (unpaired) electrons. The standard InChI is InChI=1S/C17H27NO7/c1-11(10-12(8-9-19)13(20)21)18(14(22)24-16(2,3)4)15(23)25-17(5,6)7/h9,12H,1,8,10H2,2-7H3,(H,20,21)/t12-/m1/s1. The fourth-order valence-electron chi connectivity index (χ4n) is 1.71. The van der Waals surface area contributed by atoms with Crippen LogP contribution in [0, 0.1) is 5.92 Å². The van der Waals surface area contributed by atoms with E-state index < -0.39 is 35.3 Å². The molecule has 0 rings (SSSR count). The molecule has 0 fully saturated rings. The minimum absolute atomic E-state index is 0.127. The van der Waals surface area contributed by atoms with Gasteiger partial charge in [0, 0.05) is 18.5 Å². The van der Waals surface area contributed by atoms with Crippen molar-refractivity contribution in [1.29, 1.82) is 0 Å². The Bertz CT molecular complexity index is 512. The van der Waals surface area contributed by atoms with Gasteiger partial charge in [0.1, 0.15) is 17.5 Å². The number of nitrogens with zero attached hydrogens (tertiary/aromatic N) is 1. The van der Waals surface area contributed by atoms with Crippen LogP contribution in [0.1, 0.15) is 54.4 Å². The van der Waals surface area contributed by atoms with Gasteiger partial charge in [-0.05, 0) is 41.5 Å². The molecule has 0 aliphatic carbocycles. The summed E-state index contributed by atoms with van der Waals surface area (Å²) in [6.07, 6.45) is -2.15. The smallest absolute Gasteiger partial charge is 0.424 e. The lowest BCUT2D eigenvalue weighted by molar-refractivity contribution is -0.142. The van der Waals surface area contributed by atoms with Gasteiger partial charge in [-0.25, -0.2) is 9.59 Å². The van der Waals surface area contributed by atoms with Crippen molar-refractivity contribution in [2.45, 2.75) is 65.6 Å². The van der Waals surface area contributed by atoms with Gasteiger partial charge in [0.15, 0.2) is 0 Å². The van der Waals surface area contributed by atoms with Gasteiger partial charge < -0.3 is 19.4 Å². The predicted octanol–water partition coefficient (Wildman–Crippen LogP) is 3.35. The number of carboxylic acid groups (broad SMARTS) is 1. The maximum atomic E-state index is 12.4. The number of aliphatic carboxylic acids is 1. The number of allylic oxidation sites excluding steroid dienone is 1.